The zero-order valence-electron chi connectivity index (χ0n) is 33.8. The van der Waals surface area contributed by atoms with Crippen LogP contribution in [0.4, 0.5) is 0 Å². The van der Waals surface area contributed by atoms with Gasteiger partial charge < -0.3 is 39.4 Å². The molecule has 2 N–H and O–H groups in total. The Morgan fingerprint density at radius 2 is 1.35 bits per heavy atom. The Kier molecular flexibility index (Phi) is 14.4. The molecule has 0 aromatic heterocycles. The summed E-state index contributed by atoms with van der Waals surface area (Å²) in [7, 11) is 0. The molecule has 0 radical (unpaired) electrons. The van der Waals surface area contributed by atoms with Gasteiger partial charge in [-0.25, -0.2) is 0 Å². The van der Waals surface area contributed by atoms with Crippen molar-refractivity contribution >= 4 is 5.91 Å². The van der Waals surface area contributed by atoms with E-state index in [1.807, 2.05) is 12.1 Å². The second-order valence-corrected chi connectivity index (χ2v) is 17.0. The van der Waals surface area contributed by atoms with Gasteiger partial charge in [0.25, 0.3) is 0 Å². The molecule has 6 fully saturated rings. The van der Waals surface area contributed by atoms with Crippen LogP contribution in [0.3, 0.4) is 0 Å². The van der Waals surface area contributed by atoms with Gasteiger partial charge in [0.1, 0.15) is 11.5 Å². The Morgan fingerprint density at radius 1 is 0.745 bits per heavy atom. The van der Waals surface area contributed by atoms with Crippen molar-refractivity contribution in [3.8, 4) is 11.5 Å². The van der Waals surface area contributed by atoms with Crippen molar-refractivity contribution in [2.24, 2.45) is 11.7 Å². The Morgan fingerprint density at radius 3 is 1.93 bits per heavy atom. The van der Waals surface area contributed by atoms with E-state index < -0.39 is 5.41 Å². The fraction of sp³-hybridized carbons (Fsp3) is 0.711. The number of hydrogen-bond donors (Lipinski definition) is 1. The molecule has 0 unspecified atom stereocenters. The molecule has 5 aliphatic heterocycles. The lowest BCUT2D eigenvalue weighted by Crippen LogP contribution is -2.55. The molecule has 304 valence electrons. The van der Waals surface area contributed by atoms with Crippen LogP contribution in [-0.4, -0.2) is 143 Å². The van der Waals surface area contributed by atoms with Crippen LogP contribution in [0.25, 0.3) is 0 Å². The molecule has 1 aliphatic carbocycles. The predicted octanol–water partition coefficient (Wildman–Crippen LogP) is 5.32. The second kappa shape index (κ2) is 19.6. The molecular formula is C45H69N5O5. The van der Waals surface area contributed by atoms with Crippen LogP contribution in [0.15, 0.2) is 48.5 Å². The summed E-state index contributed by atoms with van der Waals surface area (Å²) in [6.45, 7) is 18.1. The van der Waals surface area contributed by atoms with Gasteiger partial charge in [-0.15, -0.1) is 0 Å². The molecule has 1 amide bonds. The molecule has 0 bridgehead atoms. The van der Waals surface area contributed by atoms with Gasteiger partial charge in [-0.3, -0.25) is 9.69 Å². The summed E-state index contributed by atoms with van der Waals surface area (Å²) >= 11 is 0. The summed E-state index contributed by atoms with van der Waals surface area (Å²) in [5.41, 5.74) is 8.18. The topological polar surface area (TPSA) is 93.0 Å². The number of ether oxygens (including phenoxy) is 4. The Hall–Kier alpha value is -2.73. The van der Waals surface area contributed by atoms with Crippen molar-refractivity contribution in [2.45, 2.75) is 88.0 Å². The van der Waals surface area contributed by atoms with Crippen molar-refractivity contribution in [3.05, 3.63) is 59.7 Å². The first-order valence-corrected chi connectivity index (χ1v) is 21.8. The number of benzene rings is 2. The zero-order valence-corrected chi connectivity index (χ0v) is 33.8. The van der Waals surface area contributed by atoms with Crippen LogP contribution < -0.4 is 15.2 Å². The standard InChI is InChI=1S/C25H39N3O3.C20H30N2O2/c1-2-26-15-17-28(18-16-26)24(29)25(10-20-30-21-11-25)22-6-8-23(9-7-22)31-19-5-14-27-12-3-4-13-27;21-15-20(8-10-23-11-9-20)17-4-6-19(7-5-17)24-14-16-12-22(13-16)18-2-1-3-18/h6-9H,2-5,10-21H2,1H3;4-7,16,18H,1-3,8-15,21H2. The van der Waals surface area contributed by atoms with E-state index in [4.69, 9.17) is 24.7 Å². The number of nitrogens with two attached hydrogens (primary N) is 1. The van der Waals surface area contributed by atoms with Gasteiger partial charge in [0.15, 0.2) is 0 Å². The van der Waals surface area contributed by atoms with Crippen molar-refractivity contribution in [1.82, 2.24) is 19.6 Å². The van der Waals surface area contributed by atoms with E-state index in [0.29, 0.717) is 25.7 Å². The zero-order chi connectivity index (χ0) is 37.9. The summed E-state index contributed by atoms with van der Waals surface area (Å²) in [5.74, 6) is 2.87. The summed E-state index contributed by atoms with van der Waals surface area (Å²) in [6.07, 6.45) is 11.5. The predicted molar refractivity (Wildman–Crippen MR) is 218 cm³/mol. The normalized spacial score (nSPS) is 23.6. The average molecular weight is 760 g/mol. The van der Waals surface area contributed by atoms with Gasteiger partial charge in [-0.05, 0) is 113 Å². The Balaban J connectivity index is 0.000000174. The number of carbonyl (C=O) groups is 1. The van der Waals surface area contributed by atoms with E-state index in [0.717, 1.165) is 121 Å². The van der Waals surface area contributed by atoms with E-state index in [-0.39, 0.29) is 11.3 Å². The minimum absolute atomic E-state index is 0.0913. The maximum absolute atomic E-state index is 13.7. The molecule has 2 aromatic rings. The van der Waals surface area contributed by atoms with Crippen LogP contribution in [0.1, 0.15) is 82.3 Å². The fourth-order valence-corrected chi connectivity index (χ4v) is 9.53. The molecule has 0 spiro atoms. The molecule has 6 aliphatic rings. The number of likely N-dealkylation sites (tertiary alicyclic amines) is 2. The third-order valence-electron chi connectivity index (χ3n) is 13.7. The molecule has 55 heavy (non-hydrogen) atoms. The summed E-state index contributed by atoms with van der Waals surface area (Å²) in [6, 6.07) is 17.8. The minimum Gasteiger partial charge on any atom is -0.494 e. The van der Waals surface area contributed by atoms with Crippen LogP contribution in [0.5, 0.6) is 11.5 Å². The summed E-state index contributed by atoms with van der Waals surface area (Å²) in [4.78, 5) is 23.3. The van der Waals surface area contributed by atoms with Crippen LogP contribution in [0.2, 0.25) is 0 Å². The number of piperazine rings is 1. The average Bonchev–Trinajstić information content (AvgIpc) is 3.74. The lowest BCUT2D eigenvalue weighted by atomic mass is 9.73. The fourth-order valence-electron chi connectivity index (χ4n) is 9.53. The molecule has 2 aromatic carbocycles. The monoisotopic (exact) mass is 760 g/mol. The first kappa shape index (κ1) is 40.5. The van der Waals surface area contributed by atoms with E-state index in [1.165, 1.54) is 63.8 Å². The number of hydrogen-bond acceptors (Lipinski definition) is 9. The lowest BCUT2D eigenvalue weighted by molar-refractivity contribution is -0.143. The number of nitrogens with zero attached hydrogens (tertiary/aromatic N) is 4. The summed E-state index contributed by atoms with van der Waals surface area (Å²) in [5, 5.41) is 0. The maximum Gasteiger partial charge on any atom is 0.233 e. The third kappa shape index (κ3) is 10.1. The molecule has 5 heterocycles. The van der Waals surface area contributed by atoms with Gasteiger partial charge in [-0.1, -0.05) is 37.6 Å². The highest BCUT2D eigenvalue weighted by Crippen LogP contribution is 2.38. The van der Waals surface area contributed by atoms with Crippen molar-refractivity contribution in [1.29, 1.82) is 0 Å². The highest BCUT2D eigenvalue weighted by atomic mass is 16.5. The van der Waals surface area contributed by atoms with Crippen molar-refractivity contribution in [3.63, 3.8) is 0 Å². The first-order chi connectivity index (χ1) is 27.0. The lowest BCUT2D eigenvalue weighted by Gasteiger charge is -2.47. The highest BCUT2D eigenvalue weighted by molar-refractivity contribution is 5.88. The second-order valence-electron chi connectivity index (χ2n) is 17.0. The van der Waals surface area contributed by atoms with E-state index in [9.17, 15) is 4.79 Å². The molecular weight excluding hydrogens is 691 g/mol. The largest absolute Gasteiger partial charge is 0.494 e. The first-order valence-electron chi connectivity index (χ1n) is 21.8. The van der Waals surface area contributed by atoms with Gasteiger partial charge in [0, 0.05) is 96.2 Å². The summed E-state index contributed by atoms with van der Waals surface area (Å²) < 4.78 is 23.2. The minimum atomic E-state index is -0.457. The van der Waals surface area contributed by atoms with Gasteiger partial charge >= 0.3 is 0 Å². The highest BCUT2D eigenvalue weighted by Gasteiger charge is 2.44. The molecule has 0 atom stereocenters. The SMILES string of the molecule is CCN1CCN(C(=O)C2(c3ccc(OCCCN4CCCC4)cc3)CCOCC2)CC1.NCC1(c2ccc(OCC3CN(C4CCC4)C3)cc2)CCOCC1. The van der Waals surface area contributed by atoms with Crippen LogP contribution >= 0.6 is 0 Å². The maximum atomic E-state index is 13.7. The van der Waals surface area contributed by atoms with E-state index in [2.05, 4.69) is 62.9 Å². The number of rotatable bonds is 14. The van der Waals surface area contributed by atoms with Crippen molar-refractivity contribution in [2.75, 3.05) is 112 Å². The van der Waals surface area contributed by atoms with Gasteiger partial charge in [0.2, 0.25) is 5.91 Å². The molecule has 5 saturated heterocycles. The van der Waals surface area contributed by atoms with Crippen molar-refractivity contribution < 1.29 is 23.7 Å². The number of likely N-dealkylation sites (N-methyl/N-ethyl adjacent to an activating group) is 1. The molecule has 1 saturated carbocycles. The molecule has 10 nitrogen and oxygen atoms in total. The smallest absolute Gasteiger partial charge is 0.233 e. The number of amides is 1. The Labute approximate surface area is 330 Å². The molecule has 10 heteroatoms. The van der Waals surface area contributed by atoms with Crippen LogP contribution in [0, 0.1) is 5.92 Å². The third-order valence-corrected chi connectivity index (χ3v) is 13.7. The quantitative estimate of drug-likeness (QED) is 0.257. The van der Waals surface area contributed by atoms with Crippen LogP contribution in [-0.2, 0) is 25.1 Å². The van der Waals surface area contributed by atoms with E-state index >= 15 is 0 Å². The molecule has 8 rings (SSSR count). The van der Waals surface area contributed by atoms with Gasteiger partial charge in [-0.2, -0.15) is 0 Å². The van der Waals surface area contributed by atoms with E-state index in [1.54, 1.807) is 0 Å². The number of carbonyl (C=O) groups excluding carboxylic acids is 1. The Bertz CT molecular complexity index is 1440. The van der Waals surface area contributed by atoms with Gasteiger partial charge in [0.05, 0.1) is 18.6 Å².